The molecule has 1 rings (SSSR count). The molecule has 8 atom stereocenters. The molecule has 1 fully saturated rings. The molecule has 56 heavy (non-hydrogen) atoms. The summed E-state index contributed by atoms with van der Waals surface area (Å²) in [5.74, 6) is -0.701. The lowest BCUT2D eigenvalue weighted by atomic mass is 9.99. The monoisotopic (exact) mass is 824 g/mol. The first kappa shape index (κ1) is 52.8. The van der Waals surface area contributed by atoms with Gasteiger partial charge in [0.05, 0.1) is 25.4 Å². The molecule has 0 aliphatic carbocycles. The van der Waals surface area contributed by atoms with E-state index in [-0.39, 0.29) is 6.42 Å². The predicted octanol–water partition coefficient (Wildman–Crippen LogP) is 6.97. The first-order valence-electron chi connectivity index (χ1n) is 22.2. The molecule has 0 aromatic heterocycles. The summed E-state index contributed by atoms with van der Waals surface area (Å²) < 4.78 is 47.4. The third-order valence-corrected chi connectivity index (χ3v) is 11.1. The molecule has 1 aliphatic rings. The van der Waals surface area contributed by atoms with Crippen LogP contribution in [0, 0.1) is 0 Å². The van der Waals surface area contributed by atoms with Gasteiger partial charge in [-0.25, -0.2) is 4.18 Å². The number of ether oxygens (including phenoxy) is 2. The number of nitrogens with one attached hydrogen (secondary N) is 1. The summed E-state index contributed by atoms with van der Waals surface area (Å²) in [6, 6.07) is -1.11. The van der Waals surface area contributed by atoms with Crippen LogP contribution in [0.25, 0.3) is 0 Å². The molecule has 1 amide bonds. The molecular formula is C42H81NO12S. The van der Waals surface area contributed by atoms with Gasteiger partial charge < -0.3 is 40.3 Å². The van der Waals surface area contributed by atoms with Crippen LogP contribution >= 0.6 is 0 Å². The molecule has 0 saturated carbocycles. The minimum Gasteiger partial charge on any atom is -0.394 e. The molecule has 0 radical (unpaired) electrons. The molecule has 0 aromatic rings. The maximum atomic E-state index is 13.1. The molecule has 1 saturated heterocycles. The first-order chi connectivity index (χ1) is 26.9. The van der Waals surface area contributed by atoms with E-state index in [1.807, 2.05) is 6.08 Å². The van der Waals surface area contributed by atoms with E-state index in [9.17, 15) is 38.7 Å². The Morgan fingerprint density at radius 1 is 0.714 bits per heavy atom. The quantitative estimate of drug-likeness (QED) is 0.0192. The van der Waals surface area contributed by atoms with Crippen LogP contribution in [0.1, 0.15) is 187 Å². The van der Waals surface area contributed by atoms with Crippen molar-refractivity contribution in [2.24, 2.45) is 0 Å². The van der Waals surface area contributed by atoms with E-state index in [1.54, 1.807) is 0 Å². The maximum absolute atomic E-state index is 13.1. The van der Waals surface area contributed by atoms with Gasteiger partial charge in [-0.1, -0.05) is 180 Å². The van der Waals surface area contributed by atoms with E-state index in [1.165, 1.54) is 122 Å². The van der Waals surface area contributed by atoms with E-state index >= 15 is 0 Å². The Hall–Kier alpha value is -1.20. The van der Waals surface area contributed by atoms with E-state index in [0.29, 0.717) is 12.8 Å². The highest BCUT2D eigenvalue weighted by atomic mass is 32.3. The molecule has 7 N–H and O–H groups in total. The summed E-state index contributed by atoms with van der Waals surface area (Å²) in [6.07, 6.45) is 22.9. The summed E-state index contributed by atoms with van der Waals surface area (Å²) in [5.41, 5.74) is 0. The van der Waals surface area contributed by atoms with E-state index < -0.39 is 78.5 Å². The van der Waals surface area contributed by atoms with Crippen molar-refractivity contribution in [3.63, 3.8) is 0 Å². The summed E-state index contributed by atoms with van der Waals surface area (Å²) in [4.78, 5) is 13.1. The van der Waals surface area contributed by atoms with Gasteiger partial charge in [0.2, 0.25) is 5.91 Å². The highest BCUT2D eigenvalue weighted by Crippen LogP contribution is 2.26. The number of hydrogen-bond acceptors (Lipinski definition) is 11. The van der Waals surface area contributed by atoms with Crippen molar-refractivity contribution in [1.82, 2.24) is 5.32 Å². The average Bonchev–Trinajstić information content (AvgIpc) is 3.16. The molecule has 13 nitrogen and oxygen atoms in total. The van der Waals surface area contributed by atoms with Crippen LogP contribution in [-0.4, -0.2) is 107 Å². The summed E-state index contributed by atoms with van der Waals surface area (Å²) in [6.45, 7) is 3.20. The Morgan fingerprint density at radius 3 is 1.61 bits per heavy atom. The molecule has 1 aliphatic heterocycles. The minimum atomic E-state index is -5.11. The van der Waals surface area contributed by atoms with Gasteiger partial charge in [0.25, 0.3) is 0 Å². The largest absolute Gasteiger partial charge is 0.397 e. The lowest BCUT2D eigenvalue weighted by Crippen LogP contribution is -2.61. The zero-order valence-corrected chi connectivity index (χ0v) is 35.6. The van der Waals surface area contributed by atoms with Crippen molar-refractivity contribution in [3.05, 3.63) is 12.2 Å². The standard InChI is InChI=1S/C42H81NO12S/c1-3-5-7-9-11-13-15-17-19-21-23-25-27-29-31-36(46)41(49)43-34(35(45)30-28-26-24-22-20-18-16-14-12-10-8-6-4-2)33-53-42-39(48)40(55-56(50,51)52)38(47)37(32-44)54-42/h28,30,34-40,42,44-48H,3-27,29,31-33H2,1-2H3,(H,43,49)(H,50,51,52)/b30-28+/t34-,35+,36+,37+,38-,39+,40-,42+/m0/s1. The van der Waals surface area contributed by atoms with Crippen LogP contribution in [-0.2, 0) is 28.9 Å². The molecule has 14 heteroatoms. The smallest absolute Gasteiger partial charge is 0.394 e. The number of aliphatic hydroxyl groups is 5. The van der Waals surface area contributed by atoms with Gasteiger partial charge in [-0.05, 0) is 19.3 Å². The van der Waals surface area contributed by atoms with E-state index in [4.69, 9.17) is 14.0 Å². The highest BCUT2D eigenvalue weighted by Gasteiger charge is 2.48. The van der Waals surface area contributed by atoms with Gasteiger partial charge in [0.1, 0.15) is 30.5 Å². The van der Waals surface area contributed by atoms with Crippen LogP contribution in [0.2, 0.25) is 0 Å². The second kappa shape index (κ2) is 33.6. The Bertz CT molecular complexity index is 1080. The predicted molar refractivity (Wildman–Crippen MR) is 219 cm³/mol. The van der Waals surface area contributed by atoms with Gasteiger partial charge in [-0.2, -0.15) is 8.42 Å². The summed E-state index contributed by atoms with van der Waals surface area (Å²) >= 11 is 0. The first-order valence-corrected chi connectivity index (χ1v) is 23.5. The van der Waals surface area contributed by atoms with Crippen molar-refractivity contribution < 1.29 is 57.0 Å². The number of amides is 1. The van der Waals surface area contributed by atoms with E-state index in [0.717, 1.165) is 38.5 Å². The lowest BCUT2D eigenvalue weighted by Gasteiger charge is -2.41. The molecule has 0 aromatic carbocycles. The number of aliphatic hydroxyl groups excluding tert-OH is 5. The highest BCUT2D eigenvalue weighted by molar-refractivity contribution is 7.80. The Kier molecular flexibility index (Phi) is 31.7. The van der Waals surface area contributed by atoms with Crippen molar-refractivity contribution in [3.8, 4) is 0 Å². The van der Waals surface area contributed by atoms with Gasteiger partial charge in [-0.15, -0.1) is 0 Å². The van der Waals surface area contributed by atoms with Gasteiger partial charge in [0, 0.05) is 0 Å². The number of unbranched alkanes of at least 4 members (excludes halogenated alkanes) is 24. The van der Waals surface area contributed by atoms with Gasteiger partial charge >= 0.3 is 10.4 Å². The number of rotatable bonds is 37. The summed E-state index contributed by atoms with van der Waals surface area (Å²) in [5, 5.41) is 55.1. The molecule has 332 valence electrons. The number of carbonyl (C=O) groups excluding carboxylic acids is 1. The zero-order chi connectivity index (χ0) is 41.4. The topological polar surface area (TPSA) is 212 Å². The molecule has 0 spiro atoms. The fraction of sp³-hybridized carbons (Fsp3) is 0.929. The third kappa shape index (κ3) is 26.0. The second-order valence-corrected chi connectivity index (χ2v) is 16.8. The normalized spacial score (nSPS) is 22.0. The Balaban J connectivity index is 2.62. The number of hydrogen-bond donors (Lipinski definition) is 7. The Morgan fingerprint density at radius 2 is 1.16 bits per heavy atom. The Labute approximate surface area is 339 Å². The number of carbonyl (C=O) groups is 1. The lowest BCUT2D eigenvalue weighted by molar-refractivity contribution is -0.298. The van der Waals surface area contributed by atoms with Crippen LogP contribution in [0.3, 0.4) is 0 Å². The van der Waals surface area contributed by atoms with Crippen molar-refractivity contribution in [2.45, 2.75) is 236 Å². The zero-order valence-electron chi connectivity index (χ0n) is 34.8. The van der Waals surface area contributed by atoms with Gasteiger partial charge in [0.15, 0.2) is 6.29 Å². The minimum absolute atomic E-state index is 0.247. The van der Waals surface area contributed by atoms with Crippen molar-refractivity contribution >= 4 is 16.3 Å². The fourth-order valence-electron chi connectivity index (χ4n) is 7.11. The third-order valence-electron chi connectivity index (χ3n) is 10.7. The van der Waals surface area contributed by atoms with Crippen LogP contribution in [0.4, 0.5) is 0 Å². The van der Waals surface area contributed by atoms with Crippen LogP contribution in [0.5, 0.6) is 0 Å². The molecule has 0 unspecified atom stereocenters. The molecule has 0 bridgehead atoms. The molecule has 1 heterocycles. The van der Waals surface area contributed by atoms with Crippen molar-refractivity contribution in [2.75, 3.05) is 13.2 Å². The van der Waals surface area contributed by atoms with Crippen molar-refractivity contribution in [1.29, 1.82) is 0 Å². The number of allylic oxidation sites excluding steroid dienone is 1. The molecular weight excluding hydrogens is 743 g/mol. The second-order valence-electron chi connectivity index (χ2n) is 15.8. The SMILES string of the molecule is CCCCCCCCCCCCC/C=C/[C@@H](O)[C@H](CO[C@@H]1O[C@H](CO)[C@H](O)[C@H](OS(=O)(=O)O)[C@H]1O)NC(=O)[C@H](O)CCCCCCCCCCCCCCCC. The van der Waals surface area contributed by atoms with E-state index in [2.05, 4.69) is 23.3 Å². The summed E-state index contributed by atoms with van der Waals surface area (Å²) in [7, 11) is -5.11. The van der Waals surface area contributed by atoms with Crippen LogP contribution < -0.4 is 5.32 Å². The maximum Gasteiger partial charge on any atom is 0.397 e. The van der Waals surface area contributed by atoms with Gasteiger partial charge in [-0.3, -0.25) is 9.35 Å². The van der Waals surface area contributed by atoms with Crippen LogP contribution in [0.15, 0.2) is 12.2 Å². The fourth-order valence-corrected chi connectivity index (χ4v) is 7.62. The average molecular weight is 824 g/mol.